The first kappa shape index (κ1) is 9.02. The van der Waals surface area contributed by atoms with E-state index in [4.69, 9.17) is 5.73 Å². The highest BCUT2D eigenvalue weighted by atomic mass is 16.3. The average Bonchev–Trinajstić information content (AvgIpc) is 2.56. The zero-order valence-corrected chi connectivity index (χ0v) is 7.85. The highest BCUT2D eigenvalue weighted by Gasteiger charge is 2.01. The second-order valence-corrected chi connectivity index (χ2v) is 3.28. The zero-order valence-electron chi connectivity index (χ0n) is 7.85. The van der Waals surface area contributed by atoms with Crippen LogP contribution in [0.4, 0.5) is 0 Å². The molecule has 2 aromatic rings. The molecule has 0 saturated carbocycles. The Morgan fingerprint density at radius 1 is 1.36 bits per heavy atom. The summed E-state index contributed by atoms with van der Waals surface area (Å²) in [7, 11) is 0. The molecule has 0 aliphatic rings. The van der Waals surface area contributed by atoms with Gasteiger partial charge < -0.3 is 15.2 Å². The summed E-state index contributed by atoms with van der Waals surface area (Å²) < 4.78 is 1.82. The van der Waals surface area contributed by atoms with Crippen molar-refractivity contribution in [3.05, 3.63) is 30.2 Å². The van der Waals surface area contributed by atoms with E-state index in [1.54, 1.807) is 18.3 Å². The second-order valence-electron chi connectivity index (χ2n) is 3.28. The number of pyridine rings is 1. The van der Waals surface area contributed by atoms with E-state index in [-0.39, 0.29) is 5.75 Å². The van der Waals surface area contributed by atoms with Crippen molar-refractivity contribution in [1.82, 2.24) is 9.38 Å². The molecule has 0 amide bonds. The number of fused-ring (bicyclic) bond motifs is 1. The number of imidazole rings is 1. The van der Waals surface area contributed by atoms with Gasteiger partial charge in [-0.3, -0.25) is 0 Å². The minimum absolute atomic E-state index is 0.250. The standard InChI is InChI=1S/C10H13N3O/c11-5-1-2-8-6-13-7-9(14)3-4-10(13)12-8/h3-4,6-7,14H,1-2,5,11H2. The summed E-state index contributed by atoms with van der Waals surface area (Å²) in [4.78, 5) is 4.39. The highest BCUT2D eigenvalue weighted by Crippen LogP contribution is 2.12. The lowest BCUT2D eigenvalue weighted by Crippen LogP contribution is -2.00. The van der Waals surface area contributed by atoms with Gasteiger partial charge in [-0.1, -0.05) is 0 Å². The predicted octanol–water partition coefficient (Wildman–Crippen LogP) is 0.931. The first-order valence-electron chi connectivity index (χ1n) is 4.66. The van der Waals surface area contributed by atoms with Crippen LogP contribution in [-0.4, -0.2) is 21.0 Å². The van der Waals surface area contributed by atoms with Crippen LogP contribution in [0.3, 0.4) is 0 Å². The molecule has 3 N–H and O–H groups in total. The maximum Gasteiger partial charge on any atom is 0.137 e. The van der Waals surface area contributed by atoms with Crippen LogP contribution >= 0.6 is 0 Å². The van der Waals surface area contributed by atoms with Crippen molar-refractivity contribution in [2.75, 3.05) is 6.54 Å². The normalized spacial score (nSPS) is 10.9. The number of aryl methyl sites for hydroxylation is 1. The summed E-state index contributed by atoms with van der Waals surface area (Å²) in [6, 6.07) is 3.43. The molecular weight excluding hydrogens is 178 g/mol. The molecule has 0 aromatic carbocycles. The molecule has 0 spiro atoms. The fourth-order valence-corrected chi connectivity index (χ4v) is 1.44. The van der Waals surface area contributed by atoms with Crippen molar-refractivity contribution in [3.8, 4) is 5.75 Å². The number of aromatic hydroxyl groups is 1. The third kappa shape index (κ3) is 1.70. The number of nitrogens with two attached hydrogens (primary N) is 1. The molecule has 0 bridgehead atoms. The molecule has 0 aliphatic heterocycles. The minimum Gasteiger partial charge on any atom is -0.506 e. The topological polar surface area (TPSA) is 63.5 Å². The Kier molecular flexibility index (Phi) is 2.37. The van der Waals surface area contributed by atoms with Crippen LogP contribution in [0.15, 0.2) is 24.5 Å². The van der Waals surface area contributed by atoms with Gasteiger partial charge in [-0.25, -0.2) is 4.98 Å². The van der Waals surface area contributed by atoms with E-state index in [0.29, 0.717) is 6.54 Å². The smallest absolute Gasteiger partial charge is 0.137 e. The summed E-state index contributed by atoms with van der Waals surface area (Å²) in [5.41, 5.74) is 7.29. The Balaban J connectivity index is 2.32. The largest absolute Gasteiger partial charge is 0.506 e. The zero-order chi connectivity index (χ0) is 9.97. The van der Waals surface area contributed by atoms with Crippen LogP contribution in [0, 0.1) is 0 Å². The number of aromatic nitrogens is 2. The fourth-order valence-electron chi connectivity index (χ4n) is 1.44. The van der Waals surface area contributed by atoms with Crippen LogP contribution in [0.25, 0.3) is 5.65 Å². The third-order valence-electron chi connectivity index (χ3n) is 2.12. The first-order chi connectivity index (χ1) is 6.79. The number of hydrogen-bond donors (Lipinski definition) is 2. The number of nitrogens with zero attached hydrogens (tertiary/aromatic N) is 2. The summed E-state index contributed by atoms with van der Waals surface area (Å²) in [6.07, 6.45) is 5.40. The Labute approximate surface area is 82.0 Å². The van der Waals surface area contributed by atoms with Crippen LogP contribution < -0.4 is 5.73 Å². The van der Waals surface area contributed by atoms with Crippen molar-refractivity contribution >= 4 is 5.65 Å². The number of hydrogen-bond acceptors (Lipinski definition) is 3. The van der Waals surface area contributed by atoms with Crippen LogP contribution in [0.1, 0.15) is 12.1 Å². The van der Waals surface area contributed by atoms with Crippen molar-refractivity contribution < 1.29 is 5.11 Å². The molecule has 14 heavy (non-hydrogen) atoms. The van der Waals surface area contributed by atoms with E-state index in [0.717, 1.165) is 24.2 Å². The molecule has 4 nitrogen and oxygen atoms in total. The number of rotatable bonds is 3. The molecule has 2 heterocycles. The Morgan fingerprint density at radius 3 is 3.00 bits per heavy atom. The molecular formula is C10H13N3O. The maximum absolute atomic E-state index is 9.25. The molecule has 0 saturated heterocycles. The lowest BCUT2D eigenvalue weighted by molar-refractivity contribution is 0.472. The summed E-state index contributed by atoms with van der Waals surface area (Å²) >= 11 is 0. The van der Waals surface area contributed by atoms with Crippen molar-refractivity contribution in [2.24, 2.45) is 5.73 Å². The van der Waals surface area contributed by atoms with Gasteiger partial charge in [0.25, 0.3) is 0 Å². The molecule has 0 atom stereocenters. The molecule has 2 rings (SSSR count). The van der Waals surface area contributed by atoms with E-state index in [2.05, 4.69) is 4.98 Å². The molecule has 74 valence electrons. The molecule has 2 aromatic heterocycles. The molecule has 4 heteroatoms. The predicted molar refractivity (Wildman–Crippen MR) is 54.2 cm³/mol. The van der Waals surface area contributed by atoms with Crippen molar-refractivity contribution in [2.45, 2.75) is 12.8 Å². The highest BCUT2D eigenvalue weighted by molar-refractivity contribution is 5.42. The summed E-state index contributed by atoms with van der Waals surface area (Å²) in [5.74, 6) is 0.250. The Hall–Kier alpha value is -1.55. The van der Waals surface area contributed by atoms with Crippen LogP contribution in [0.2, 0.25) is 0 Å². The van der Waals surface area contributed by atoms with E-state index in [9.17, 15) is 5.11 Å². The first-order valence-corrected chi connectivity index (χ1v) is 4.66. The summed E-state index contributed by atoms with van der Waals surface area (Å²) in [5, 5.41) is 9.25. The van der Waals surface area contributed by atoms with Gasteiger partial charge in [-0.15, -0.1) is 0 Å². The quantitative estimate of drug-likeness (QED) is 0.758. The van der Waals surface area contributed by atoms with E-state index >= 15 is 0 Å². The van der Waals surface area contributed by atoms with E-state index in [1.807, 2.05) is 10.6 Å². The van der Waals surface area contributed by atoms with Gasteiger partial charge in [0.2, 0.25) is 0 Å². The summed E-state index contributed by atoms with van der Waals surface area (Å²) in [6.45, 7) is 0.680. The minimum atomic E-state index is 0.250. The molecule has 0 radical (unpaired) electrons. The Bertz CT molecular complexity index is 436. The van der Waals surface area contributed by atoms with Gasteiger partial charge in [0.15, 0.2) is 0 Å². The van der Waals surface area contributed by atoms with E-state index < -0.39 is 0 Å². The van der Waals surface area contributed by atoms with E-state index in [1.165, 1.54) is 0 Å². The van der Waals surface area contributed by atoms with Gasteiger partial charge in [0.1, 0.15) is 11.4 Å². The van der Waals surface area contributed by atoms with Gasteiger partial charge in [-0.05, 0) is 31.5 Å². The van der Waals surface area contributed by atoms with Crippen LogP contribution in [-0.2, 0) is 6.42 Å². The van der Waals surface area contributed by atoms with Gasteiger partial charge >= 0.3 is 0 Å². The monoisotopic (exact) mass is 191 g/mol. The lowest BCUT2D eigenvalue weighted by Gasteiger charge is -1.92. The van der Waals surface area contributed by atoms with Crippen molar-refractivity contribution in [3.63, 3.8) is 0 Å². The SMILES string of the molecule is NCCCc1cn2cc(O)ccc2n1. The maximum atomic E-state index is 9.25. The average molecular weight is 191 g/mol. The molecule has 0 unspecified atom stereocenters. The van der Waals surface area contributed by atoms with Gasteiger partial charge in [0.05, 0.1) is 11.9 Å². The van der Waals surface area contributed by atoms with Gasteiger partial charge in [0, 0.05) is 6.20 Å². The Morgan fingerprint density at radius 2 is 2.21 bits per heavy atom. The fraction of sp³-hybridized carbons (Fsp3) is 0.300. The van der Waals surface area contributed by atoms with Gasteiger partial charge in [-0.2, -0.15) is 0 Å². The lowest BCUT2D eigenvalue weighted by atomic mass is 10.2. The third-order valence-corrected chi connectivity index (χ3v) is 2.12. The second kappa shape index (κ2) is 3.67. The van der Waals surface area contributed by atoms with Crippen molar-refractivity contribution in [1.29, 1.82) is 0 Å². The molecule has 0 fully saturated rings. The molecule has 0 aliphatic carbocycles. The van der Waals surface area contributed by atoms with Crippen LogP contribution in [0.5, 0.6) is 5.75 Å².